The number of rotatable bonds is 2. The van der Waals surface area contributed by atoms with E-state index in [4.69, 9.17) is 21.6 Å². The summed E-state index contributed by atoms with van der Waals surface area (Å²) in [6, 6.07) is 14.0. The van der Waals surface area contributed by atoms with Crippen molar-refractivity contribution >= 4 is 44.4 Å². The molecular formula is C18H15BrClN3. The Balaban J connectivity index is 1.96. The van der Waals surface area contributed by atoms with Crippen LogP contribution in [0.15, 0.2) is 46.9 Å². The van der Waals surface area contributed by atoms with Gasteiger partial charge in [0.2, 0.25) is 5.95 Å². The zero-order valence-corrected chi connectivity index (χ0v) is 14.8. The maximum absolute atomic E-state index is 6.18. The van der Waals surface area contributed by atoms with Gasteiger partial charge in [0.05, 0.1) is 11.2 Å². The lowest BCUT2D eigenvalue weighted by Gasteiger charge is -2.17. The predicted molar refractivity (Wildman–Crippen MR) is 99.1 cm³/mol. The van der Waals surface area contributed by atoms with Gasteiger partial charge in [0.1, 0.15) is 0 Å². The van der Waals surface area contributed by atoms with Crippen molar-refractivity contribution in [2.45, 2.75) is 12.8 Å². The van der Waals surface area contributed by atoms with Crippen LogP contribution in [-0.4, -0.2) is 23.1 Å². The standard InChI is InChI=1S/C18H15BrClN3/c19-13-6-7-16-15(11-13)17(12-4-3-5-14(20)10-12)22-18(21-16)23-8-1-2-9-23/h3-7,10-11H,1-2,8-9H2. The Hall–Kier alpha value is -1.65. The van der Waals surface area contributed by atoms with Gasteiger partial charge in [-0.2, -0.15) is 0 Å². The molecule has 3 nitrogen and oxygen atoms in total. The number of anilines is 1. The van der Waals surface area contributed by atoms with E-state index >= 15 is 0 Å². The van der Waals surface area contributed by atoms with E-state index in [1.165, 1.54) is 12.8 Å². The monoisotopic (exact) mass is 387 g/mol. The van der Waals surface area contributed by atoms with Crippen molar-refractivity contribution in [3.63, 3.8) is 0 Å². The number of nitrogens with zero attached hydrogens (tertiary/aromatic N) is 3. The van der Waals surface area contributed by atoms with Gasteiger partial charge in [0.25, 0.3) is 0 Å². The normalized spacial score (nSPS) is 14.6. The molecule has 4 rings (SSSR count). The molecule has 1 saturated heterocycles. The van der Waals surface area contributed by atoms with Crippen LogP contribution in [0.5, 0.6) is 0 Å². The van der Waals surface area contributed by atoms with Gasteiger partial charge >= 0.3 is 0 Å². The van der Waals surface area contributed by atoms with Crippen LogP contribution in [-0.2, 0) is 0 Å². The second-order valence-electron chi connectivity index (χ2n) is 5.74. The van der Waals surface area contributed by atoms with Crippen molar-refractivity contribution in [2.24, 2.45) is 0 Å². The topological polar surface area (TPSA) is 29.0 Å². The summed E-state index contributed by atoms with van der Waals surface area (Å²) < 4.78 is 1.02. The summed E-state index contributed by atoms with van der Waals surface area (Å²) in [5.41, 5.74) is 2.91. The molecule has 0 amide bonds. The molecule has 0 aliphatic carbocycles. The fourth-order valence-corrected chi connectivity index (χ4v) is 3.55. The van der Waals surface area contributed by atoms with Crippen LogP contribution in [0.1, 0.15) is 12.8 Å². The molecule has 23 heavy (non-hydrogen) atoms. The predicted octanol–water partition coefficient (Wildman–Crippen LogP) is 5.31. The first kappa shape index (κ1) is 14.9. The van der Waals surface area contributed by atoms with E-state index in [-0.39, 0.29) is 0 Å². The number of hydrogen-bond acceptors (Lipinski definition) is 3. The average molecular weight is 389 g/mol. The number of hydrogen-bond donors (Lipinski definition) is 0. The molecule has 2 heterocycles. The lowest BCUT2D eigenvalue weighted by atomic mass is 10.1. The highest BCUT2D eigenvalue weighted by Gasteiger charge is 2.18. The van der Waals surface area contributed by atoms with Crippen LogP contribution in [0.4, 0.5) is 5.95 Å². The van der Waals surface area contributed by atoms with E-state index in [1.54, 1.807) is 0 Å². The molecule has 1 aliphatic rings. The van der Waals surface area contributed by atoms with Gasteiger partial charge in [-0.05, 0) is 43.2 Å². The third-order valence-electron chi connectivity index (χ3n) is 4.13. The van der Waals surface area contributed by atoms with Gasteiger partial charge in [-0.25, -0.2) is 9.97 Å². The van der Waals surface area contributed by atoms with Gasteiger partial charge in [-0.1, -0.05) is 39.7 Å². The number of halogens is 2. The largest absolute Gasteiger partial charge is 0.341 e. The molecule has 0 spiro atoms. The van der Waals surface area contributed by atoms with E-state index in [9.17, 15) is 0 Å². The quantitative estimate of drug-likeness (QED) is 0.595. The van der Waals surface area contributed by atoms with Gasteiger partial charge < -0.3 is 4.90 Å². The first-order valence-electron chi connectivity index (χ1n) is 7.69. The summed E-state index contributed by atoms with van der Waals surface area (Å²) in [5.74, 6) is 0.812. The Morgan fingerprint density at radius 3 is 2.61 bits per heavy atom. The second-order valence-corrected chi connectivity index (χ2v) is 7.09. The molecule has 0 N–H and O–H groups in total. The Bertz CT molecular complexity index is 875. The first-order chi connectivity index (χ1) is 11.2. The van der Waals surface area contributed by atoms with Gasteiger partial charge in [-0.3, -0.25) is 0 Å². The van der Waals surface area contributed by atoms with Crippen LogP contribution in [0, 0.1) is 0 Å². The Morgan fingerprint density at radius 1 is 1.00 bits per heavy atom. The third-order valence-corrected chi connectivity index (χ3v) is 4.86. The molecule has 116 valence electrons. The van der Waals surface area contributed by atoms with Crippen molar-refractivity contribution in [3.05, 3.63) is 52.0 Å². The summed E-state index contributed by atoms with van der Waals surface area (Å²) in [6.45, 7) is 2.05. The highest BCUT2D eigenvalue weighted by Crippen LogP contribution is 2.32. The van der Waals surface area contributed by atoms with E-state index in [1.807, 2.05) is 36.4 Å². The van der Waals surface area contributed by atoms with E-state index in [0.29, 0.717) is 5.02 Å². The lowest BCUT2D eigenvalue weighted by Crippen LogP contribution is -2.20. The SMILES string of the molecule is Clc1cccc(-c2nc(N3CCCC3)nc3ccc(Br)cc23)c1. The zero-order valence-electron chi connectivity index (χ0n) is 12.5. The zero-order chi connectivity index (χ0) is 15.8. The molecule has 1 aliphatic heterocycles. The second kappa shape index (κ2) is 6.10. The van der Waals surface area contributed by atoms with Crippen molar-refractivity contribution in [1.29, 1.82) is 0 Å². The van der Waals surface area contributed by atoms with Crippen LogP contribution in [0.3, 0.4) is 0 Å². The van der Waals surface area contributed by atoms with Crippen molar-refractivity contribution in [3.8, 4) is 11.3 Å². The van der Waals surface area contributed by atoms with Crippen molar-refractivity contribution in [2.75, 3.05) is 18.0 Å². The summed E-state index contributed by atoms with van der Waals surface area (Å²) in [5, 5.41) is 1.75. The minimum Gasteiger partial charge on any atom is -0.341 e. The smallest absolute Gasteiger partial charge is 0.226 e. The molecule has 0 radical (unpaired) electrons. The molecule has 0 unspecified atom stereocenters. The van der Waals surface area contributed by atoms with Crippen molar-refractivity contribution < 1.29 is 0 Å². The number of aromatic nitrogens is 2. The molecular weight excluding hydrogens is 374 g/mol. The molecule has 3 aromatic rings. The minimum atomic E-state index is 0.715. The number of fused-ring (bicyclic) bond motifs is 1. The molecule has 1 fully saturated rings. The molecule has 0 saturated carbocycles. The Kier molecular flexibility index (Phi) is 3.95. The molecule has 2 aromatic carbocycles. The van der Waals surface area contributed by atoms with Crippen molar-refractivity contribution in [1.82, 2.24) is 9.97 Å². The highest BCUT2D eigenvalue weighted by molar-refractivity contribution is 9.10. The Morgan fingerprint density at radius 2 is 1.83 bits per heavy atom. The van der Waals surface area contributed by atoms with Crippen LogP contribution < -0.4 is 4.90 Å². The van der Waals surface area contributed by atoms with Crippen LogP contribution in [0.2, 0.25) is 5.02 Å². The fraction of sp³-hybridized carbons (Fsp3) is 0.222. The summed E-state index contributed by atoms with van der Waals surface area (Å²) in [7, 11) is 0. The highest BCUT2D eigenvalue weighted by atomic mass is 79.9. The van der Waals surface area contributed by atoms with Gasteiger partial charge in [0, 0.05) is 33.5 Å². The molecule has 1 aromatic heterocycles. The maximum Gasteiger partial charge on any atom is 0.226 e. The van der Waals surface area contributed by atoms with Gasteiger partial charge in [-0.15, -0.1) is 0 Å². The molecule has 0 bridgehead atoms. The number of benzene rings is 2. The minimum absolute atomic E-state index is 0.715. The summed E-state index contributed by atoms with van der Waals surface area (Å²) >= 11 is 9.73. The van der Waals surface area contributed by atoms with E-state index < -0.39 is 0 Å². The van der Waals surface area contributed by atoms with Crippen LogP contribution >= 0.6 is 27.5 Å². The fourth-order valence-electron chi connectivity index (χ4n) is 3.00. The van der Waals surface area contributed by atoms with Crippen LogP contribution in [0.25, 0.3) is 22.2 Å². The molecule has 0 atom stereocenters. The van der Waals surface area contributed by atoms with Gasteiger partial charge in [0.15, 0.2) is 0 Å². The first-order valence-corrected chi connectivity index (χ1v) is 8.86. The summed E-state index contributed by atoms with van der Waals surface area (Å²) in [6.07, 6.45) is 2.41. The maximum atomic E-state index is 6.18. The average Bonchev–Trinajstić information content (AvgIpc) is 3.08. The van der Waals surface area contributed by atoms with E-state index in [0.717, 1.165) is 45.7 Å². The third kappa shape index (κ3) is 2.93. The lowest BCUT2D eigenvalue weighted by molar-refractivity contribution is 0.909. The van der Waals surface area contributed by atoms with E-state index in [2.05, 4.69) is 26.9 Å². The molecule has 5 heteroatoms. The Labute approximate surface area is 148 Å². The summed E-state index contributed by atoms with van der Waals surface area (Å²) in [4.78, 5) is 11.9.